The molecule has 0 aromatic heterocycles. The lowest BCUT2D eigenvalue weighted by molar-refractivity contribution is -0.158. The van der Waals surface area contributed by atoms with Crippen LogP contribution in [0.15, 0.2) is 5.11 Å². The van der Waals surface area contributed by atoms with Crippen LogP contribution in [0.5, 0.6) is 0 Å². The first-order chi connectivity index (χ1) is 10.9. The van der Waals surface area contributed by atoms with Crippen LogP contribution in [0.2, 0.25) is 0 Å². The molecular weight excluding hydrogens is 374 g/mol. The molecule has 2 heterocycles. The number of nitrogens with one attached hydrogen (secondary N) is 2. The Morgan fingerprint density at radius 3 is 2.91 bits per heavy atom. The van der Waals surface area contributed by atoms with Gasteiger partial charge >= 0.3 is 6.03 Å². The molecule has 2 fully saturated rings. The SMILES string of the molecule is CCOC1N(C2CC(N=[N+]=N)C(CO)O2)C(=O)NC(=O)C1(C)Br. The minimum Gasteiger partial charge on any atom is -0.394 e. The number of aliphatic hydroxyl groups excluding tert-OH is 1. The van der Waals surface area contributed by atoms with E-state index in [1.165, 1.54) is 4.90 Å². The van der Waals surface area contributed by atoms with Gasteiger partial charge in [0.05, 0.1) is 6.61 Å². The van der Waals surface area contributed by atoms with Crippen molar-refractivity contribution < 1.29 is 24.2 Å². The summed E-state index contributed by atoms with van der Waals surface area (Å²) in [5.41, 5.74) is 6.83. The fraction of sp³-hybridized carbons (Fsp3) is 0.833. The van der Waals surface area contributed by atoms with Crippen LogP contribution < -0.4 is 10.2 Å². The van der Waals surface area contributed by atoms with E-state index in [-0.39, 0.29) is 19.6 Å². The molecule has 3 N–H and O–H groups in total. The lowest BCUT2D eigenvalue weighted by atomic mass is 10.0. The summed E-state index contributed by atoms with van der Waals surface area (Å²) in [6, 6.07) is -1.19. The minimum atomic E-state index is -1.15. The molecule has 10 nitrogen and oxygen atoms in total. The standard InChI is InChI=1S/C12H18BrN5O5/c1-3-22-10-12(2,13)9(20)15-11(21)18(10)8-4-6(16-17-14)7(5-19)23-8/h6-8,10,14,19H,3-5H2,1-2H3/p+1. The Balaban J connectivity index is 2.29. The van der Waals surface area contributed by atoms with Crippen molar-refractivity contribution >= 4 is 27.9 Å². The van der Waals surface area contributed by atoms with Crippen LogP contribution >= 0.6 is 15.9 Å². The molecule has 0 bridgehead atoms. The maximum atomic E-state index is 12.3. The lowest BCUT2D eigenvalue weighted by Crippen LogP contribution is -2.69. The van der Waals surface area contributed by atoms with E-state index in [1.807, 2.05) is 0 Å². The predicted octanol–water partition coefficient (Wildman–Crippen LogP) is 0.0807. The van der Waals surface area contributed by atoms with E-state index in [9.17, 15) is 14.7 Å². The number of nitrogens with zero attached hydrogens (tertiary/aromatic N) is 3. The normalized spacial score (nSPS) is 37.5. The molecule has 2 rings (SSSR count). The first kappa shape index (κ1) is 18.0. The summed E-state index contributed by atoms with van der Waals surface area (Å²) >= 11 is 3.31. The number of carbonyl (C=O) groups is 2. The van der Waals surface area contributed by atoms with Crippen molar-refractivity contribution in [2.24, 2.45) is 5.11 Å². The van der Waals surface area contributed by atoms with Crippen molar-refractivity contribution in [3.05, 3.63) is 0 Å². The first-order valence-electron chi connectivity index (χ1n) is 7.13. The van der Waals surface area contributed by atoms with Crippen LogP contribution in [-0.2, 0) is 14.3 Å². The van der Waals surface area contributed by atoms with Gasteiger partial charge in [-0.2, -0.15) is 0 Å². The molecule has 0 spiro atoms. The molecule has 0 aliphatic carbocycles. The van der Waals surface area contributed by atoms with Gasteiger partial charge in [0.25, 0.3) is 0 Å². The topological polar surface area (TPSA) is 138 Å². The van der Waals surface area contributed by atoms with E-state index in [4.69, 9.17) is 15.0 Å². The molecule has 11 heteroatoms. The van der Waals surface area contributed by atoms with Gasteiger partial charge in [0.15, 0.2) is 12.3 Å². The van der Waals surface area contributed by atoms with Crippen LogP contribution in [0, 0.1) is 5.53 Å². The highest BCUT2D eigenvalue weighted by Gasteiger charge is 2.55. The van der Waals surface area contributed by atoms with Crippen LogP contribution in [0.1, 0.15) is 20.3 Å². The van der Waals surface area contributed by atoms with Crippen LogP contribution in [-0.4, -0.2) is 64.1 Å². The average molecular weight is 393 g/mol. The van der Waals surface area contributed by atoms with E-state index in [2.05, 4.69) is 31.3 Å². The Kier molecular flexibility index (Phi) is 5.48. The third kappa shape index (κ3) is 3.29. The van der Waals surface area contributed by atoms with Gasteiger partial charge in [-0.1, -0.05) is 15.9 Å². The highest BCUT2D eigenvalue weighted by atomic mass is 79.9. The molecule has 0 aromatic rings. The zero-order valence-electron chi connectivity index (χ0n) is 12.7. The second kappa shape index (κ2) is 7.02. The van der Waals surface area contributed by atoms with Crippen LogP contribution in [0.25, 0.3) is 0 Å². The Labute approximate surface area is 140 Å². The maximum Gasteiger partial charge on any atom is 0.328 e. The Bertz CT molecular complexity index is 538. The zero-order valence-corrected chi connectivity index (χ0v) is 14.3. The molecular formula is C12H19BrN5O5+. The molecule has 0 saturated carbocycles. The summed E-state index contributed by atoms with van der Waals surface area (Å²) in [6.07, 6.45) is -2.08. The third-order valence-electron chi connectivity index (χ3n) is 3.84. The molecule has 128 valence electrons. The number of alkyl halides is 1. The minimum absolute atomic E-state index is 0.238. The van der Waals surface area contributed by atoms with E-state index in [1.54, 1.807) is 13.8 Å². The van der Waals surface area contributed by atoms with Crippen molar-refractivity contribution in [1.29, 1.82) is 5.53 Å². The number of halogens is 1. The molecule has 0 aromatic carbocycles. The van der Waals surface area contributed by atoms with Crippen molar-refractivity contribution in [3.63, 3.8) is 0 Å². The number of aliphatic hydroxyl groups is 1. The van der Waals surface area contributed by atoms with Crippen molar-refractivity contribution in [1.82, 2.24) is 15.1 Å². The Hall–Kier alpha value is -1.39. The molecule has 2 aliphatic heterocycles. The average Bonchev–Trinajstić information content (AvgIpc) is 2.88. The molecule has 23 heavy (non-hydrogen) atoms. The lowest BCUT2D eigenvalue weighted by Gasteiger charge is -2.45. The molecule has 3 amide bonds. The number of rotatable bonds is 5. The smallest absolute Gasteiger partial charge is 0.328 e. The van der Waals surface area contributed by atoms with Gasteiger partial charge in [-0.15, -0.1) is 0 Å². The summed E-state index contributed by atoms with van der Waals surface area (Å²) in [7, 11) is 0. The second-order valence-corrected chi connectivity index (χ2v) is 7.03. The van der Waals surface area contributed by atoms with Crippen LogP contribution in [0.4, 0.5) is 4.79 Å². The van der Waals surface area contributed by atoms with E-state index >= 15 is 0 Å². The van der Waals surface area contributed by atoms with Gasteiger partial charge in [0, 0.05) is 13.0 Å². The molecule has 0 radical (unpaired) electrons. The highest BCUT2D eigenvalue weighted by Crippen LogP contribution is 2.36. The van der Waals surface area contributed by atoms with E-state index in [0.717, 1.165) is 0 Å². The van der Waals surface area contributed by atoms with Crippen molar-refractivity contribution in [2.75, 3.05) is 13.2 Å². The molecule has 5 atom stereocenters. The van der Waals surface area contributed by atoms with E-state index in [0.29, 0.717) is 0 Å². The quantitative estimate of drug-likeness (QED) is 0.345. The fourth-order valence-corrected chi connectivity index (χ4v) is 3.14. The molecule has 5 unspecified atom stereocenters. The number of hydrogen-bond donors (Lipinski definition) is 3. The summed E-state index contributed by atoms with van der Waals surface area (Å²) < 4.78 is 10.1. The van der Waals surface area contributed by atoms with Crippen molar-refractivity contribution in [2.45, 2.75) is 49.2 Å². The molecule has 2 aliphatic rings. The summed E-state index contributed by atoms with van der Waals surface area (Å²) in [5.74, 6) is -0.503. The number of urea groups is 1. The van der Waals surface area contributed by atoms with Gasteiger partial charge in [-0.25, -0.2) is 4.79 Å². The number of imide groups is 1. The largest absolute Gasteiger partial charge is 0.394 e. The number of carbonyl (C=O) groups excluding carboxylic acids is 2. The third-order valence-corrected chi connectivity index (χ3v) is 4.59. The van der Waals surface area contributed by atoms with Gasteiger partial charge < -0.3 is 14.6 Å². The van der Waals surface area contributed by atoms with Crippen molar-refractivity contribution in [3.8, 4) is 0 Å². The number of hydrogen-bond acceptors (Lipinski definition) is 7. The summed E-state index contributed by atoms with van der Waals surface area (Å²) in [4.78, 5) is 28.6. The number of amides is 3. The molecule has 2 saturated heterocycles. The highest BCUT2D eigenvalue weighted by molar-refractivity contribution is 9.10. The van der Waals surface area contributed by atoms with Gasteiger partial charge in [-0.05, 0) is 13.8 Å². The second-order valence-electron chi connectivity index (χ2n) is 5.38. The van der Waals surface area contributed by atoms with Crippen LogP contribution in [0.3, 0.4) is 0 Å². The first-order valence-corrected chi connectivity index (χ1v) is 7.93. The van der Waals surface area contributed by atoms with Gasteiger partial charge in [0.1, 0.15) is 27.3 Å². The zero-order chi connectivity index (χ0) is 17.2. The Morgan fingerprint density at radius 1 is 1.65 bits per heavy atom. The monoisotopic (exact) mass is 392 g/mol. The van der Waals surface area contributed by atoms with Gasteiger partial charge in [0.2, 0.25) is 10.8 Å². The number of ether oxygens (including phenoxy) is 2. The van der Waals surface area contributed by atoms with Gasteiger partial charge in [-0.3, -0.25) is 15.0 Å². The van der Waals surface area contributed by atoms with E-state index < -0.39 is 40.9 Å². The summed E-state index contributed by atoms with van der Waals surface area (Å²) in [6.45, 7) is 3.32. The fourth-order valence-electron chi connectivity index (χ4n) is 2.69. The predicted molar refractivity (Wildman–Crippen MR) is 79.6 cm³/mol. The maximum absolute atomic E-state index is 12.3. The summed E-state index contributed by atoms with van der Waals surface area (Å²) in [5, 5.41) is 15.3. The Morgan fingerprint density at radius 2 is 2.35 bits per heavy atom.